The molecule has 0 aliphatic heterocycles. The van der Waals surface area contributed by atoms with Crippen molar-refractivity contribution in [2.75, 3.05) is 0 Å². The highest BCUT2D eigenvalue weighted by Crippen LogP contribution is 2.29. The number of halogens is 2. The average Bonchev–Trinajstić information content (AvgIpc) is 3.14. The topological polar surface area (TPSA) is 78.0 Å². The predicted octanol–water partition coefficient (Wildman–Crippen LogP) is 5.16. The molecule has 146 valence electrons. The molecule has 2 N–H and O–H groups in total. The molecule has 4 rings (SSSR count). The zero-order valence-electron chi connectivity index (χ0n) is 15.0. The Hall–Kier alpha value is -2.64. The number of nitrogens with zero attached hydrogens (tertiary/aromatic N) is 2. The molecule has 0 fully saturated rings. The van der Waals surface area contributed by atoms with Gasteiger partial charge in [0.05, 0.1) is 10.6 Å². The smallest absolute Gasteiger partial charge is 0.238 e. The van der Waals surface area contributed by atoms with Crippen molar-refractivity contribution in [3.05, 3.63) is 89.0 Å². The minimum absolute atomic E-state index is 0.0452. The second kappa shape index (κ2) is 7.65. The summed E-state index contributed by atoms with van der Waals surface area (Å²) in [4.78, 5) is 4.82. The van der Waals surface area contributed by atoms with Gasteiger partial charge in [0.15, 0.2) is 0 Å². The lowest BCUT2D eigenvalue weighted by atomic mass is 10.2. The van der Waals surface area contributed by atoms with E-state index in [0.29, 0.717) is 15.9 Å². The van der Waals surface area contributed by atoms with Crippen LogP contribution in [0.2, 0.25) is 10.0 Å². The molecule has 0 saturated carbocycles. The maximum Gasteiger partial charge on any atom is 0.238 e. The second-order valence-corrected chi connectivity index (χ2v) is 8.81. The molecule has 0 aliphatic rings. The number of aromatic nitrogens is 2. The summed E-state index contributed by atoms with van der Waals surface area (Å²) in [7, 11) is -3.77. The Kier molecular flexibility index (Phi) is 5.19. The van der Waals surface area contributed by atoms with Gasteiger partial charge in [-0.3, -0.25) is 4.57 Å². The van der Waals surface area contributed by atoms with Crippen LogP contribution in [0.5, 0.6) is 0 Å². The summed E-state index contributed by atoms with van der Waals surface area (Å²) in [5.41, 5.74) is 3.27. The Balaban J connectivity index is 1.86. The largest absolute Gasteiger partial charge is 0.299 e. The van der Waals surface area contributed by atoms with Crippen LogP contribution in [0.25, 0.3) is 28.3 Å². The van der Waals surface area contributed by atoms with Gasteiger partial charge in [-0.1, -0.05) is 35.3 Å². The lowest BCUT2D eigenvalue weighted by molar-refractivity contribution is 0.598. The van der Waals surface area contributed by atoms with E-state index < -0.39 is 10.0 Å². The molecule has 0 amide bonds. The van der Waals surface area contributed by atoms with Crippen LogP contribution < -0.4 is 5.14 Å². The molecular formula is C21H15Cl2N3O2S. The van der Waals surface area contributed by atoms with E-state index in [0.717, 1.165) is 22.5 Å². The van der Waals surface area contributed by atoms with Gasteiger partial charge in [0, 0.05) is 33.1 Å². The molecule has 0 spiro atoms. The molecule has 4 aromatic rings. The molecule has 0 atom stereocenters. The van der Waals surface area contributed by atoms with E-state index in [1.165, 1.54) is 12.1 Å². The number of imidazole rings is 1. The van der Waals surface area contributed by atoms with Crippen LogP contribution in [0.15, 0.2) is 83.9 Å². The molecule has 0 bridgehead atoms. The van der Waals surface area contributed by atoms with Gasteiger partial charge in [-0.05, 0) is 60.7 Å². The molecular weight excluding hydrogens is 429 g/mol. The molecule has 3 aromatic carbocycles. The summed E-state index contributed by atoms with van der Waals surface area (Å²) in [5.74, 6) is 0.651. The molecule has 1 heterocycles. The maximum atomic E-state index is 11.6. The van der Waals surface area contributed by atoms with E-state index >= 15 is 0 Å². The van der Waals surface area contributed by atoms with Crippen LogP contribution in [0, 0.1) is 0 Å². The fraction of sp³-hybridized carbons (Fsp3) is 0. The fourth-order valence-electron chi connectivity index (χ4n) is 2.94. The molecule has 1 aromatic heterocycles. The van der Waals surface area contributed by atoms with Gasteiger partial charge in [0.25, 0.3) is 0 Å². The molecule has 0 radical (unpaired) electrons. The number of benzene rings is 3. The van der Waals surface area contributed by atoms with Crippen molar-refractivity contribution in [1.29, 1.82) is 0 Å². The van der Waals surface area contributed by atoms with Crippen molar-refractivity contribution in [3.8, 4) is 28.3 Å². The Morgan fingerprint density at radius 1 is 0.759 bits per heavy atom. The zero-order chi connectivity index (χ0) is 20.6. The first-order valence-corrected chi connectivity index (χ1v) is 10.9. The van der Waals surface area contributed by atoms with Crippen molar-refractivity contribution in [2.45, 2.75) is 4.90 Å². The van der Waals surface area contributed by atoms with Gasteiger partial charge in [0.1, 0.15) is 5.82 Å². The van der Waals surface area contributed by atoms with E-state index in [-0.39, 0.29) is 4.90 Å². The normalized spacial score (nSPS) is 11.6. The SMILES string of the molecule is NS(=O)(=O)c1ccc(-c2nc(-c3ccc(Cl)cc3)cn2-c2ccc(Cl)cc2)cc1. The van der Waals surface area contributed by atoms with Crippen LogP contribution in [-0.4, -0.2) is 18.0 Å². The van der Waals surface area contributed by atoms with Crippen molar-refractivity contribution in [1.82, 2.24) is 9.55 Å². The van der Waals surface area contributed by atoms with Crippen molar-refractivity contribution in [2.24, 2.45) is 5.14 Å². The van der Waals surface area contributed by atoms with Gasteiger partial charge in [-0.15, -0.1) is 0 Å². The summed E-state index contributed by atoms with van der Waals surface area (Å²) >= 11 is 12.0. The number of primary sulfonamides is 1. The predicted molar refractivity (Wildman–Crippen MR) is 116 cm³/mol. The first-order chi connectivity index (χ1) is 13.8. The third kappa shape index (κ3) is 4.21. The van der Waals surface area contributed by atoms with Crippen LogP contribution in [0.4, 0.5) is 0 Å². The summed E-state index contributed by atoms with van der Waals surface area (Å²) < 4.78 is 25.0. The molecule has 0 unspecified atom stereocenters. The molecule has 8 heteroatoms. The van der Waals surface area contributed by atoms with Gasteiger partial charge in [0.2, 0.25) is 10.0 Å². The summed E-state index contributed by atoms with van der Waals surface area (Å²) in [6, 6.07) is 21.1. The maximum absolute atomic E-state index is 11.6. The number of hydrogen-bond donors (Lipinski definition) is 1. The van der Waals surface area contributed by atoms with Gasteiger partial charge >= 0.3 is 0 Å². The molecule has 0 saturated heterocycles. The minimum atomic E-state index is -3.77. The van der Waals surface area contributed by atoms with Crippen LogP contribution in [0.3, 0.4) is 0 Å². The average molecular weight is 444 g/mol. The lowest BCUT2D eigenvalue weighted by Crippen LogP contribution is -2.11. The van der Waals surface area contributed by atoms with Crippen LogP contribution in [0.1, 0.15) is 0 Å². The molecule has 5 nitrogen and oxygen atoms in total. The highest BCUT2D eigenvalue weighted by molar-refractivity contribution is 7.89. The number of nitrogens with two attached hydrogens (primary N) is 1. The fourth-order valence-corrected chi connectivity index (χ4v) is 3.70. The monoisotopic (exact) mass is 443 g/mol. The van der Waals surface area contributed by atoms with Gasteiger partial charge in [-0.25, -0.2) is 18.5 Å². The van der Waals surface area contributed by atoms with E-state index in [2.05, 4.69) is 0 Å². The lowest BCUT2D eigenvalue weighted by Gasteiger charge is -2.08. The quantitative estimate of drug-likeness (QED) is 0.472. The summed E-state index contributed by atoms with van der Waals surface area (Å²) in [6.45, 7) is 0. The Morgan fingerprint density at radius 2 is 1.28 bits per heavy atom. The first-order valence-electron chi connectivity index (χ1n) is 8.56. The third-order valence-electron chi connectivity index (χ3n) is 4.39. The van der Waals surface area contributed by atoms with Crippen molar-refractivity contribution >= 4 is 33.2 Å². The summed E-state index contributed by atoms with van der Waals surface area (Å²) in [5, 5.41) is 6.47. The highest BCUT2D eigenvalue weighted by Gasteiger charge is 2.15. The van der Waals surface area contributed by atoms with Crippen LogP contribution >= 0.6 is 23.2 Å². The van der Waals surface area contributed by atoms with Crippen molar-refractivity contribution < 1.29 is 8.42 Å². The van der Waals surface area contributed by atoms with E-state index in [4.69, 9.17) is 33.3 Å². The number of hydrogen-bond acceptors (Lipinski definition) is 3. The van der Waals surface area contributed by atoms with E-state index in [1.807, 2.05) is 35.0 Å². The van der Waals surface area contributed by atoms with Gasteiger partial charge in [-0.2, -0.15) is 0 Å². The third-order valence-corrected chi connectivity index (χ3v) is 5.82. The van der Waals surface area contributed by atoms with Crippen LogP contribution in [-0.2, 0) is 10.0 Å². The van der Waals surface area contributed by atoms with Crippen molar-refractivity contribution in [3.63, 3.8) is 0 Å². The molecule has 0 aliphatic carbocycles. The van der Waals surface area contributed by atoms with E-state index in [1.54, 1.807) is 36.4 Å². The van der Waals surface area contributed by atoms with E-state index in [9.17, 15) is 8.42 Å². The van der Waals surface area contributed by atoms with Gasteiger partial charge < -0.3 is 0 Å². The Labute approximate surface area is 178 Å². The zero-order valence-corrected chi connectivity index (χ0v) is 17.3. The molecule has 29 heavy (non-hydrogen) atoms. The first kappa shape index (κ1) is 19.7. The number of sulfonamides is 1. The summed E-state index contributed by atoms with van der Waals surface area (Å²) in [6.07, 6.45) is 1.91. The highest BCUT2D eigenvalue weighted by atomic mass is 35.5. The second-order valence-electron chi connectivity index (χ2n) is 6.37. The number of rotatable bonds is 4. The Morgan fingerprint density at radius 3 is 1.83 bits per heavy atom. The Bertz CT molecular complexity index is 1270. The standard InChI is InChI=1S/C21H15Cl2N3O2S/c22-16-5-1-14(2-6-16)20-13-26(18-9-7-17(23)8-10-18)21(25-20)15-3-11-19(12-4-15)29(24,27)28/h1-13H,(H2,24,27,28). The minimum Gasteiger partial charge on any atom is -0.299 e.